The first-order valence-corrected chi connectivity index (χ1v) is 13.3. The van der Waals surface area contributed by atoms with Gasteiger partial charge in [-0.15, -0.1) is 11.3 Å². The van der Waals surface area contributed by atoms with Crippen LogP contribution in [0.15, 0.2) is 30.6 Å². The van der Waals surface area contributed by atoms with Gasteiger partial charge in [0, 0.05) is 62.5 Å². The summed E-state index contributed by atoms with van der Waals surface area (Å²) in [5.74, 6) is 2.04. The molecule has 3 saturated heterocycles. The number of hydrogen-bond donors (Lipinski definition) is 0. The topological polar surface area (TPSA) is 74.7 Å². The van der Waals surface area contributed by atoms with Gasteiger partial charge in [-0.25, -0.2) is 19.7 Å². The lowest BCUT2D eigenvalue weighted by Crippen LogP contribution is -2.58. The maximum atomic E-state index is 12.5. The van der Waals surface area contributed by atoms with E-state index in [-0.39, 0.29) is 11.5 Å². The van der Waals surface area contributed by atoms with Gasteiger partial charge in [-0.05, 0) is 52.2 Å². The Morgan fingerprint density at radius 3 is 2.49 bits per heavy atom. The smallest absolute Gasteiger partial charge is 0.410 e. The van der Waals surface area contributed by atoms with Crippen LogP contribution in [-0.4, -0.2) is 70.8 Å². The van der Waals surface area contributed by atoms with E-state index < -0.39 is 5.60 Å². The zero-order chi connectivity index (χ0) is 24.2. The predicted octanol–water partition coefficient (Wildman–Crippen LogP) is 4.80. The third kappa shape index (κ3) is 4.42. The molecule has 0 aromatic carbocycles. The van der Waals surface area contributed by atoms with Crippen molar-refractivity contribution in [3.63, 3.8) is 0 Å². The predicted molar refractivity (Wildman–Crippen MR) is 139 cm³/mol. The zero-order valence-electron chi connectivity index (χ0n) is 20.7. The molecule has 3 aliphatic rings. The van der Waals surface area contributed by atoms with Crippen molar-refractivity contribution in [2.45, 2.75) is 45.6 Å². The summed E-state index contributed by atoms with van der Waals surface area (Å²) in [7, 11) is 0. The molecule has 0 bridgehead atoms. The number of anilines is 2. The Labute approximate surface area is 209 Å². The Kier molecular flexibility index (Phi) is 5.36. The SMILES string of the molecule is CC(C)(C)OC(=O)N1CCC2(C1)CN(c1cc3sc(-c4ccc(N5CCCC5)nc4)nc3cn1)C2. The molecule has 0 saturated carbocycles. The van der Waals surface area contributed by atoms with E-state index in [1.807, 2.05) is 38.1 Å². The molecule has 3 fully saturated rings. The van der Waals surface area contributed by atoms with Crippen molar-refractivity contribution in [3.05, 3.63) is 30.6 Å². The summed E-state index contributed by atoms with van der Waals surface area (Å²) >= 11 is 1.69. The Morgan fingerprint density at radius 2 is 1.77 bits per heavy atom. The van der Waals surface area contributed by atoms with E-state index in [0.717, 1.165) is 78.1 Å². The van der Waals surface area contributed by atoms with Crippen molar-refractivity contribution >= 4 is 39.3 Å². The van der Waals surface area contributed by atoms with Crippen LogP contribution in [-0.2, 0) is 4.74 Å². The normalized spacial score (nSPS) is 19.6. The van der Waals surface area contributed by atoms with Crippen molar-refractivity contribution < 1.29 is 9.53 Å². The third-order valence-corrected chi connectivity index (χ3v) is 8.22. The molecular formula is C26H32N6O2S. The summed E-state index contributed by atoms with van der Waals surface area (Å²) in [6, 6.07) is 6.39. The van der Waals surface area contributed by atoms with Gasteiger partial charge >= 0.3 is 6.09 Å². The van der Waals surface area contributed by atoms with Crippen molar-refractivity contribution in [2.75, 3.05) is 49.1 Å². The lowest BCUT2D eigenvalue weighted by molar-refractivity contribution is 0.0265. The maximum Gasteiger partial charge on any atom is 0.410 e. The van der Waals surface area contributed by atoms with Gasteiger partial charge < -0.3 is 19.4 Å². The summed E-state index contributed by atoms with van der Waals surface area (Å²) < 4.78 is 6.70. The molecular weight excluding hydrogens is 460 g/mol. The molecule has 6 rings (SSSR count). The fourth-order valence-corrected chi connectivity index (χ4v) is 6.32. The lowest BCUT2D eigenvalue weighted by atomic mass is 9.79. The molecule has 6 heterocycles. The number of carbonyl (C=O) groups is 1. The molecule has 3 aliphatic heterocycles. The van der Waals surface area contributed by atoms with Crippen LogP contribution in [0.4, 0.5) is 16.4 Å². The number of hydrogen-bond acceptors (Lipinski definition) is 8. The molecule has 3 aromatic rings. The highest BCUT2D eigenvalue weighted by atomic mass is 32.1. The number of likely N-dealkylation sites (tertiary alicyclic amines) is 1. The van der Waals surface area contributed by atoms with Crippen LogP contribution in [0.1, 0.15) is 40.0 Å². The minimum Gasteiger partial charge on any atom is -0.444 e. The maximum absolute atomic E-state index is 12.5. The van der Waals surface area contributed by atoms with Gasteiger partial charge in [0.05, 0.1) is 10.9 Å². The largest absolute Gasteiger partial charge is 0.444 e. The van der Waals surface area contributed by atoms with Crippen molar-refractivity contribution in [1.29, 1.82) is 0 Å². The average Bonchev–Trinajstić information content (AvgIpc) is 3.56. The molecule has 1 spiro atoms. The number of thiazole rings is 1. The van der Waals surface area contributed by atoms with Gasteiger partial charge in [0.25, 0.3) is 0 Å². The molecule has 9 heteroatoms. The van der Waals surface area contributed by atoms with Crippen LogP contribution < -0.4 is 9.80 Å². The monoisotopic (exact) mass is 492 g/mol. The summed E-state index contributed by atoms with van der Waals surface area (Å²) in [6.45, 7) is 11.3. The number of amides is 1. The molecule has 184 valence electrons. The Balaban J connectivity index is 1.12. The van der Waals surface area contributed by atoms with E-state index >= 15 is 0 Å². The second kappa shape index (κ2) is 8.33. The molecule has 0 radical (unpaired) electrons. The highest BCUT2D eigenvalue weighted by Crippen LogP contribution is 2.42. The number of fused-ring (bicyclic) bond motifs is 1. The Bertz CT molecular complexity index is 1240. The summed E-state index contributed by atoms with van der Waals surface area (Å²) in [5, 5.41) is 0.975. The van der Waals surface area contributed by atoms with Gasteiger partial charge in [-0.1, -0.05) is 0 Å². The van der Waals surface area contributed by atoms with E-state index in [1.165, 1.54) is 12.8 Å². The standard InChI is InChI=1S/C26H32N6O2S/c1-25(2,3)34-24(33)31-11-8-26(15-31)16-32(17-26)22-12-20-19(14-28-22)29-23(35-20)18-6-7-21(27-13-18)30-9-4-5-10-30/h6-7,12-14H,4-5,8-11,15-17H2,1-3H3. The van der Waals surface area contributed by atoms with Crippen LogP contribution >= 0.6 is 11.3 Å². The Hall–Kier alpha value is -2.94. The van der Waals surface area contributed by atoms with Gasteiger partial charge in [0.15, 0.2) is 0 Å². The van der Waals surface area contributed by atoms with Crippen LogP contribution in [0.25, 0.3) is 20.8 Å². The van der Waals surface area contributed by atoms with E-state index in [0.29, 0.717) is 0 Å². The number of carbonyl (C=O) groups excluding carboxylic acids is 1. The highest BCUT2D eigenvalue weighted by Gasteiger charge is 2.49. The number of aromatic nitrogens is 3. The van der Waals surface area contributed by atoms with E-state index in [1.54, 1.807) is 11.3 Å². The van der Waals surface area contributed by atoms with Gasteiger partial charge in [-0.3, -0.25) is 0 Å². The first-order chi connectivity index (χ1) is 16.8. The third-order valence-electron chi connectivity index (χ3n) is 7.15. The van der Waals surface area contributed by atoms with Crippen LogP contribution in [0, 0.1) is 5.41 Å². The fraction of sp³-hybridized carbons (Fsp3) is 0.538. The molecule has 3 aromatic heterocycles. The molecule has 35 heavy (non-hydrogen) atoms. The summed E-state index contributed by atoms with van der Waals surface area (Å²) in [6.07, 6.45) is 7.12. The first kappa shape index (κ1) is 22.5. The van der Waals surface area contributed by atoms with Crippen LogP contribution in [0.2, 0.25) is 0 Å². The lowest BCUT2D eigenvalue weighted by Gasteiger charge is -2.48. The molecule has 8 nitrogen and oxygen atoms in total. The molecule has 0 N–H and O–H groups in total. The number of rotatable bonds is 3. The van der Waals surface area contributed by atoms with Crippen LogP contribution in [0.3, 0.4) is 0 Å². The van der Waals surface area contributed by atoms with Gasteiger partial charge in [-0.2, -0.15) is 0 Å². The summed E-state index contributed by atoms with van der Waals surface area (Å²) in [5.41, 5.74) is 1.66. The van der Waals surface area contributed by atoms with E-state index in [2.05, 4.69) is 33.0 Å². The van der Waals surface area contributed by atoms with E-state index in [9.17, 15) is 4.79 Å². The number of nitrogens with zero attached hydrogens (tertiary/aromatic N) is 6. The number of pyridine rings is 2. The molecule has 0 aliphatic carbocycles. The van der Waals surface area contributed by atoms with Crippen molar-refractivity contribution in [1.82, 2.24) is 19.9 Å². The minimum atomic E-state index is -0.461. The second-order valence-electron chi connectivity index (χ2n) is 11.1. The minimum absolute atomic E-state index is 0.148. The molecule has 0 atom stereocenters. The summed E-state index contributed by atoms with van der Waals surface area (Å²) in [4.78, 5) is 33.2. The fourth-order valence-electron chi connectivity index (χ4n) is 5.36. The Morgan fingerprint density at radius 1 is 1.00 bits per heavy atom. The van der Waals surface area contributed by atoms with Gasteiger partial charge in [0.2, 0.25) is 0 Å². The second-order valence-corrected chi connectivity index (χ2v) is 12.2. The first-order valence-electron chi connectivity index (χ1n) is 12.5. The van der Waals surface area contributed by atoms with Crippen molar-refractivity contribution in [2.24, 2.45) is 5.41 Å². The van der Waals surface area contributed by atoms with Gasteiger partial charge in [0.1, 0.15) is 27.8 Å². The zero-order valence-corrected chi connectivity index (χ0v) is 21.5. The van der Waals surface area contributed by atoms with Crippen LogP contribution in [0.5, 0.6) is 0 Å². The number of ether oxygens (including phenoxy) is 1. The van der Waals surface area contributed by atoms with E-state index in [4.69, 9.17) is 14.7 Å². The molecule has 1 amide bonds. The van der Waals surface area contributed by atoms with Crippen molar-refractivity contribution in [3.8, 4) is 10.6 Å². The highest BCUT2D eigenvalue weighted by molar-refractivity contribution is 7.21. The quantitative estimate of drug-likeness (QED) is 0.520. The molecule has 0 unspecified atom stereocenters. The average molecular weight is 493 g/mol.